The third kappa shape index (κ3) is 7.01. The lowest BCUT2D eigenvalue weighted by molar-refractivity contribution is -0.127. The number of guanidine groups is 1. The molecule has 1 aromatic heterocycles. The number of carbonyl (C=O) groups is 1. The van der Waals surface area contributed by atoms with E-state index < -0.39 is 0 Å². The number of anilines is 1. The molecule has 1 aliphatic carbocycles. The summed E-state index contributed by atoms with van der Waals surface area (Å²) in [7, 11) is 3.53. The zero-order valence-corrected chi connectivity index (χ0v) is 20.1. The molecule has 2 aliphatic rings. The molecule has 3 rings (SSSR count). The number of likely N-dealkylation sites (N-methyl/N-ethyl adjacent to an activating group) is 1. The lowest BCUT2D eigenvalue weighted by atomic mass is 9.86. The Hall–Kier alpha value is -1.58. The van der Waals surface area contributed by atoms with Crippen LogP contribution in [0.4, 0.5) is 5.82 Å². The second kappa shape index (κ2) is 11.6. The Bertz CT molecular complexity index is 668. The zero-order chi connectivity index (χ0) is 19.9. The largest absolute Gasteiger partial charge is 0.354 e. The molecule has 3 unspecified atom stereocenters. The number of hydrogen-bond donors (Lipinski definition) is 2. The van der Waals surface area contributed by atoms with Gasteiger partial charge in [-0.05, 0) is 37.3 Å². The molecule has 162 valence electrons. The average molecular weight is 514 g/mol. The number of aromatic nitrogens is 1. The highest BCUT2D eigenvalue weighted by Gasteiger charge is 2.27. The summed E-state index contributed by atoms with van der Waals surface area (Å²) in [5, 5.41) is 7.19. The Kier molecular flexibility index (Phi) is 9.45. The smallest absolute Gasteiger partial charge is 0.243 e. The zero-order valence-electron chi connectivity index (χ0n) is 17.8. The molecule has 1 amide bonds. The summed E-state index contributed by atoms with van der Waals surface area (Å²) in [4.78, 5) is 25.0. The summed E-state index contributed by atoms with van der Waals surface area (Å²) in [5.41, 5.74) is 0. The van der Waals surface area contributed by atoms with Crippen molar-refractivity contribution in [2.75, 3.05) is 38.6 Å². The molecule has 0 spiro atoms. The van der Waals surface area contributed by atoms with E-state index in [1.807, 2.05) is 18.3 Å². The van der Waals surface area contributed by atoms with Crippen molar-refractivity contribution in [2.45, 2.75) is 51.1 Å². The number of pyridine rings is 1. The first-order valence-corrected chi connectivity index (χ1v) is 10.5. The Morgan fingerprint density at radius 2 is 2.03 bits per heavy atom. The molecule has 0 bridgehead atoms. The van der Waals surface area contributed by atoms with Crippen molar-refractivity contribution in [3.8, 4) is 0 Å². The fraction of sp³-hybridized carbons (Fsp3) is 0.667. The maximum atomic E-state index is 12.0. The van der Waals surface area contributed by atoms with Gasteiger partial charge in [0, 0.05) is 45.5 Å². The van der Waals surface area contributed by atoms with Crippen LogP contribution >= 0.6 is 24.0 Å². The molecule has 29 heavy (non-hydrogen) atoms. The maximum Gasteiger partial charge on any atom is 0.243 e. The van der Waals surface area contributed by atoms with Crippen molar-refractivity contribution in [3.05, 3.63) is 24.4 Å². The number of aliphatic imine (C=N–C) groups is 1. The van der Waals surface area contributed by atoms with Gasteiger partial charge in [-0.3, -0.25) is 4.79 Å². The standard InChI is InChI=1S/C21H34N6O.HI/c1-16-8-4-5-9-18(16)25-21(23-14-20(28)26(2)3)24-17-11-13-27(15-17)19-10-6-7-12-22-19;/h6-7,10,12,16-18H,4-5,8-9,11,13-15H2,1-3H3,(H2,23,24,25);1H. The molecule has 8 heteroatoms. The Morgan fingerprint density at radius 1 is 1.24 bits per heavy atom. The average Bonchev–Trinajstić information content (AvgIpc) is 3.16. The molecule has 2 N–H and O–H groups in total. The number of nitrogens with zero attached hydrogens (tertiary/aromatic N) is 4. The third-order valence-corrected chi connectivity index (χ3v) is 5.81. The van der Waals surface area contributed by atoms with Gasteiger partial charge < -0.3 is 20.4 Å². The second-order valence-electron chi connectivity index (χ2n) is 8.23. The molecular formula is C21H35IN6O. The molecule has 0 radical (unpaired) electrons. The maximum absolute atomic E-state index is 12.0. The summed E-state index contributed by atoms with van der Waals surface area (Å²) in [5.74, 6) is 2.42. The number of amides is 1. The molecule has 1 saturated heterocycles. The van der Waals surface area contributed by atoms with Crippen LogP contribution in [0.2, 0.25) is 0 Å². The van der Waals surface area contributed by atoms with Crippen LogP contribution in [-0.2, 0) is 4.79 Å². The molecule has 2 heterocycles. The Labute approximate surface area is 191 Å². The minimum Gasteiger partial charge on any atom is -0.354 e. The lowest BCUT2D eigenvalue weighted by Gasteiger charge is -2.31. The van der Waals surface area contributed by atoms with Crippen LogP contribution in [-0.4, -0.2) is 67.6 Å². The van der Waals surface area contributed by atoms with Crippen LogP contribution in [0.3, 0.4) is 0 Å². The van der Waals surface area contributed by atoms with E-state index in [-0.39, 0.29) is 36.4 Å². The van der Waals surface area contributed by atoms with Gasteiger partial charge in [-0.2, -0.15) is 0 Å². The quantitative estimate of drug-likeness (QED) is 0.359. The molecule has 3 atom stereocenters. The highest BCUT2D eigenvalue weighted by Crippen LogP contribution is 2.24. The van der Waals surface area contributed by atoms with E-state index in [4.69, 9.17) is 0 Å². The van der Waals surface area contributed by atoms with Crippen LogP contribution in [0.5, 0.6) is 0 Å². The number of rotatable bonds is 5. The van der Waals surface area contributed by atoms with Gasteiger partial charge in [0.2, 0.25) is 5.91 Å². The highest BCUT2D eigenvalue weighted by molar-refractivity contribution is 14.0. The predicted molar refractivity (Wildman–Crippen MR) is 129 cm³/mol. The predicted octanol–water partition coefficient (Wildman–Crippen LogP) is 2.48. The fourth-order valence-electron chi connectivity index (χ4n) is 3.95. The van der Waals surface area contributed by atoms with Gasteiger partial charge in [0.25, 0.3) is 0 Å². The first kappa shape index (κ1) is 23.7. The van der Waals surface area contributed by atoms with E-state index in [2.05, 4.69) is 38.5 Å². The molecule has 1 aromatic rings. The van der Waals surface area contributed by atoms with Crippen molar-refractivity contribution < 1.29 is 4.79 Å². The minimum absolute atomic E-state index is 0. The van der Waals surface area contributed by atoms with Crippen molar-refractivity contribution in [1.82, 2.24) is 20.5 Å². The van der Waals surface area contributed by atoms with E-state index in [1.165, 1.54) is 19.3 Å². The van der Waals surface area contributed by atoms with E-state index in [0.29, 0.717) is 18.0 Å². The van der Waals surface area contributed by atoms with Crippen molar-refractivity contribution in [2.24, 2.45) is 10.9 Å². The summed E-state index contributed by atoms with van der Waals surface area (Å²) in [6, 6.07) is 6.73. The molecule has 1 saturated carbocycles. The molecular weight excluding hydrogens is 479 g/mol. The van der Waals surface area contributed by atoms with E-state index in [9.17, 15) is 4.79 Å². The summed E-state index contributed by atoms with van der Waals surface area (Å²) in [6.45, 7) is 4.33. The van der Waals surface area contributed by atoms with Gasteiger partial charge in [-0.15, -0.1) is 24.0 Å². The van der Waals surface area contributed by atoms with Crippen molar-refractivity contribution >= 4 is 41.7 Å². The number of nitrogens with one attached hydrogen (secondary N) is 2. The SMILES string of the molecule is CC1CCCCC1NC(=NCC(=O)N(C)C)NC1CCN(c2ccccn2)C1.I. The van der Waals surface area contributed by atoms with Crippen LogP contribution in [0.25, 0.3) is 0 Å². The molecule has 0 aromatic carbocycles. The van der Waals surface area contributed by atoms with Gasteiger partial charge in [0.15, 0.2) is 5.96 Å². The molecule has 7 nitrogen and oxygen atoms in total. The van der Waals surface area contributed by atoms with Crippen molar-refractivity contribution in [3.63, 3.8) is 0 Å². The summed E-state index contributed by atoms with van der Waals surface area (Å²) in [6.07, 6.45) is 7.83. The van der Waals surface area contributed by atoms with Gasteiger partial charge in [-0.1, -0.05) is 25.8 Å². The third-order valence-electron chi connectivity index (χ3n) is 5.81. The van der Waals surface area contributed by atoms with Crippen LogP contribution in [0, 0.1) is 5.92 Å². The number of carbonyl (C=O) groups excluding carboxylic acids is 1. The molecule has 1 aliphatic heterocycles. The number of hydrogen-bond acceptors (Lipinski definition) is 4. The molecule has 2 fully saturated rings. The van der Waals surface area contributed by atoms with Crippen molar-refractivity contribution in [1.29, 1.82) is 0 Å². The fourth-order valence-corrected chi connectivity index (χ4v) is 3.95. The summed E-state index contributed by atoms with van der Waals surface area (Å²) < 4.78 is 0. The van der Waals surface area contributed by atoms with E-state index in [1.54, 1.807) is 19.0 Å². The highest BCUT2D eigenvalue weighted by atomic mass is 127. The van der Waals surface area contributed by atoms with Gasteiger partial charge in [0.05, 0.1) is 0 Å². The minimum atomic E-state index is 0. The topological polar surface area (TPSA) is 72.9 Å². The second-order valence-corrected chi connectivity index (χ2v) is 8.23. The van der Waals surface area contributed by atoms with Crippen LogP contribution < -0.4 is 15.5 Å². The monoisotopic (exact) mass is 514 g/mol. The van der Waals surface area contributed by atoms with Crippen LogP contribution in [0.1, 0.15) is 39.0 Å². The number of halogens is 1. The Balaban J connectivity index is 0.00000300. The normalized spacial score (nSPS) is 24.6. The van der Waals surface area contributed by atoms with E-state index in [0.717, 1.165) is 37.7 Å². The summed E-state index contributed by atoms with van der Waals surface area (Å²) >= 11 is 0. The lowest BCUT2D eigenvalue weighted by Crippen LogP contribution is -2.51. The van der Waals surface area contributed by atoms with Crippen LogP contribution in [0.15, 0.2) is 29.4 Å². The Morgan fingerprint density at radius 3 is 2.72 bits per heavy atom. The van der Waals surface area contributed by atoms with E-state index >= 15 is 0 Å². The van der Waals surface area contributed by atoms with Gasteiger partial charge in [-0.25, -0.2) is 9.98 Å². The van der Waals surface area contributed by atoms with Gasteiger partial charge in [0.1, 0.15) is 12.4 Å². The first-order valence-electron chi connectivity index (χ1n) is 10.5. The first-order chi connectivity index (χ1) is 13.5. The van der Waals surface area contributed by atoms with Gasteiger partial charge >= 0.3 is 0 Å².